The van der Waals surface area contributed by atoms with Crippen LogP contribution >= 0.6 is 0 Å². The van der Waals surface area contributed by atoms with E-state index in [2.05, 4.69) is 11.8 Å². The van der Waals surface area contributed by atoms with Gasteiger partial charge in [-0.25, -0.2) is 4.39 Å². The molecule has 1 aromatic rings. The molecule has 1 aliphatic rings. The van der Waals surface area contributed by atoms with Gasteiger partial charge in [-0.2, -0.15) is 0 Å². The third-order valence-electron chi connectivity index (χ3n) is 4.19. The van der Waals surface area contributed by atoms with Crippen molar-refractivity contribution < 1.29 is 14.4 Å². The predicted molar refractivity (Wildman–Crippen MR) is 79.2 cm³/mol. The lowest BCUT2D eigenvalue weighted by Crippen LogP contribution is -2.36. The third kappa shape index (κ3) is 3.81. The van der Waals surface area contributed by atoms with E-state index < -0.39 is 12.9 Å². The molecule has 5 heteroatoms. The van der Waals surface area contributed by atoms with Crippen molar-refractivity contribution in [2.75, 3.05) is 6.54 Å². The van der Waals surface area contributed by atoms with Crippen LogP contribution in [0.1, 0.15) is 44.6 Å². The first-order chi connectivity index (χ1) is 9.61. The van der Waals surface area contributed by atoms with Crippen LogP contribution in [0.4, 0.5) is 4.39 Å². The summed E-state index contributed by atoms with van der Waals surface area (Å²) in [5.41, 5.74) is 0.903. The Labute approximate surface area is 120 Å². The van der Waals surface area contributed by atoms with Gasteiger partial charge in [0, 0.05) is 18.0 Å². The van der Waals surface area contributed by atoms with Gasteiger partial charge in [-0.3, -0.25) is 4.90 Å². The Morgan fingerprint density at radius 1 is 1.30 bits per heavy atom. The normalized spacial score (nSPS) is 20.7. The van der Waals surface area contributed by atoms with Crippen LogP contribution in [0.3, 0.4) is 0 Å². The Balaban J connectivity index is 2.13. The van der Waals surface area contributed by atoms with Gasteiger partial charge in [0.1, 0.15) is 5.82 Å². The highest BCUT2D eigenvalue weighted by atomic mass is 19.1. The van der Waals surface area contributed by atoms with E-state index in [9.17, 15) is 14.4 Å². The summed E-state index contributed by atoms with van der Waals surface area (Å²) in [4.78, 5) is 2.44. The Kier molecular flexibility index (Phi) is 5.58. The van der Waals surface area contributed by atoms with E-state index in [0.717, 1.165) is 25.1 Å². The number of nitrogens with zero attached hydrogens (tertiary/aromatic N) is 1. The molecule has 2 N–H and O–H groups in total. The number of halogens is 1. The zero-order chi connectivity index (χ0) is 14.5. The molecule has 1 saturated heterocycles. The van der Waals surface area contributed by atoms with Crippen LogP contribution in [0, 0.1) is 5.82 Å². The Morgan fingerprint density at radius 2 is 2.10 bits per heavy atom. The fraction of sp³-hybridized carbons (Fsp3) is 0.600. The van der Waals surface area contributed by atoms with E-state index in [-0.39, 0.29) is 5.46 Å². The molecule has 0 spiro atoms. The average molecular weight is 279 g/mol. The second-order valence-corrected chi connectivity index (χ2v) is 5.61. The molecule has 110 valence electrons. The lowest BCUT2D eigenvalue weighted by atomic mass is 9.79. The van der Waals surface area contributed by atoms with E-state index in [0.29, 0.717) is 6.04 Å². The minimum absolute atomic E-state index is 0.0367. The van der Waals surface area contributed by atoms with E-state index in [1.807, 2.05) is 0 Å². The monoisotopic (exact) mass is 279 g/mol. The largest absolute Gasteiger partial charge is 0.491 e. The predicted octanol–water partition coefficient (Wildman–Crippen LogP) is 1.66. The summed E-state index contributed by atoms with van der Waals surface area (Å²) in [7, 11) is -1.75. The lowest BCUT2D eigenvalue weighted by Gasteiger charge is -2.29. The zero-order valence-corrected chi connectivity index (χ0v) is 12.1. The molecule has 1 aromatic carbocycles. The SMILES string of the molecule is CCC1CCCCCN1Cc1ccc(F)c(B(O)O)c1. The fourth-order valence-corrected chi connectivity index (χ4v) is 3.03. The molecule has 0 saturated carbocycles. The molecule has 2 rings (SSSR count). The first kappa shape index (κ1) is 15.5. The van der Waals surface area contributed by atoms with Gasteiger partial charge >= 0.3 is 7.12 Å². The van der Waals surface area contributed by atoms with E-state index in [1.54, 1.807) is 12.1 Å². The van der Waals surface area contributed by atoms with Crippen molar-refractivity contribution in [2.24, 2.45) is 0 Å². The van der Waals surface area contributed by atoms with Crippen molar-refractivity contribution in [1.82, 2.24) is 4.90 Å². The minimum atomic E-state index is -1.75. The first-order valence-electron chi connectivity index (χ1n) is 7.50. The number of likely N-dealkylation sites (tertiary alicyclic amines) is 1. The molecule has 0 aliphatic carbocycles. The maximum Gasteiger partial charge on any atom is 0.491 e. The maximum absolute atomic E-state index is 13.5. The quantitative estimate of drug-likeness (QED) is 0.824. The molecule has 1 fully saturated rings. The Hall–Kier alpha value is -0.905. The van der Waals surface area contributed by atoms with Crippen molar-refractivity contribution in [2.45, 2.75) is 51.6 Å². The third-order valence-corrected chi connectivity index (χ3v) is 4.19. The Bertz CT molecular complexity index is 442. The molecule has 3 nitrogen and oxygen atoms in total. The van der Waals surface area contributed by atoms with Crippen LogP contribution in [0.2, 0.25) is 0 Å². The smallest absolute Gasteiger partial charge is 0.423 e. The van der Waals surface area contributed by atoms with Crippen LogP contribution in [0.5, 0.6) is 0 Å². The van der Waals surface area contributed by atoms with E-state index in [1.165, 1.54) is 31.7 Å². The molecule has 20 heavy (non-hydrogen) atoms. The summed E-state index contributed by atoms with van der Waals surface area (Å²) < 4.78 is 13.5. The number of rotatable bonds is 4. The summed E-state index contributed by atoms with van der Waals surface area (Å²) in [5, 5.41) is 18.4. The van der Waals surface area contributed by atoms with Gasteiger partial charge in [0.25, 0.3) is 0 Å². The minimum Gasteiger partial charge on any atom is -0.423 e. The molecule has 0 aromatic heterocycles. The Morgan fingerprint density at radius 3 is 2.80 bits per heavy atom. The van der Waals surface area contributed by atoms with Crippen LogP contribution in [-0.4, -0.2) is 34.7 Å². The fourth-order valence-electron chi connectivity index (χ4n) is 3.03. The second kappa shape index (κ2) is 7.20. The van der Waals surface area contributed by atoms with Gasteiger partial charge in [0.15, 0.2) is 0 Å². The molecule has 0 amide bonds. The summed E-state index contributed by atoms with van der Waals surface area (Å²) in [6.45, 7) is 4.02. The number of hydrogen-bond donors (Lipinski definition) is 2. The van der Waals surface area contributed by atoms with Crippen molar-refractivity contribution in [3.8, 4) is 0 Å². The van der Waals surface area contributed by atoms with E-state index in [4.69, 9.17) is 0 Å². The van der Waals surface area contributed by atoms with Gasteiger partial charge in [0.2, 0.25) is 0 Å². The first-order valence-corrected chi connectivity index (χ1v) is 7.50. The van der Waals surface area contributed by atoms with Gasteiger partial charge in [-0.15, -0.1) is 0 Å². The standard InChI is InChI=1S/C15H23BFNO2/c1-2-13-6-4-3-5-9-18(13)11-12-7-8-15(17)14(10-12)16(19)20/h7-8,10,13,19-20H,2-6,9,11H2,1H3. The highest BCUT2D eigenvalue weighted by Crippen LogP contribution is 2.21. The highest BCUT2D eigenvalue weighted by Gasteiger charge is 2.21. The van der Waals surface area contributed by atoms with Crippen LogP contribution in [0.15, 0.2) is 18.2 Å². The molecule has 1 atom stereocenters. The van der Waals surface area contributed by atoms with Gasteiger partial charge in [-0.05, 0) is 37.4 Å². The molecule has 1 heterocycles. The highest BCUT2D eigenvalue weighted by molar-refractivity contribution is 6.58. The lowest BCUT2D eigenvalue weighted by molar-refractivity contribution is 0.186. The topological polar surface area (TPSA) is 43.7 Å². The van der Waals surface area contributed by atoms with E-state index >= 15 is 0 Å². The molecular weight excluding hydrogens is 256 g/mol. The summed E-state index contributed by atoms with van der Waals surface area (Å²) in [6.07, 6.45) is 6.09. The second-order valence-electron chi connectivity index (χ2n) is 5.61. The van der Waals surface area contributed by atoms with Gasteiger partial charge in [-0.1, -0.05) is 31.9 Å². The molecular formula is C15H23BFNO2. The summed E-state index contributed by atoms with van der Waals surface area (Å²) in [6, 6.07) is 5.20. The van der Waals surface area contributed by atoms with Crippen LogP contribution in [-0.2, 0) is 6.54 Å². The number of hydrogen-bond acceptors (Lipinski definition) is 3. The zero-order valence-electron chi connectivity index (χ0n) is 12.1. The molecule has 0 radical (unpaired) electrons. The van der Waals surface area contributed by atoms with Crippen LogP contribution in [0.25, 0.3) is 0 Å². The van der Waals surface area contributed by atoms with Crippen molar-refractivity contribution >= 4 is 12.6 Å². The van der Waals surface area contributed by atoms with Gasteiger partial charge < -0.3 is 10.0 Å². The van der Waals surface area contributed by atoms with Gasteiger partial charge in [0.05, 0.1) is 0 Å². The summed E-state index contributed by atoms with van der Waals surface area (Å²) >= 11 is 0. The van der Waals surface area contributed by atoms with Crippen molar-refractivity contribution in [3.05, 3.63) is 29.6 Å². The number of benzene rings is 1. The summed E-state index contributed by atoms with van der Waals surface area (Å²) in [5.74, 6) is -0.563. The molecule has 1 unspecified atom stereocenters. The molecule has 1 aliphatic heterocycles. The average Bonchev–Trinajstić information content (AvgIpc) is 2.65. The molecule has 0 bridgehead atoms. The van der Waals surface area contributed by atoms with Crippen molar-refractivity contribution in [1.29, 1.82) is 0 Å². The van der Waals surface area contributed by atoms with Crippen molar-refractivity contribution in [3.63, 3.8) is 0 Å². The maximum atomic E-state index is 13.5. The van der Waals surface area contributed by atoms with Crippen LogP contribution < -0.4 is 5.46 Å².